The molecule has 0 heterocycles. The third kappa shape index (κ3) is 1.24. The molecule has 0 aliphatic heterocycles. The predicted molar refractivity (Wildman–Crippen MR) is 60.4 cm³/mol. The standard InChI is InChI=1S/C14H16/c1-5-14(6-7-14)13-9-11(3)10(2)8-12(13)4/h1,8-9H,6-7H2,2-4H3. The van der Waals surface area contributed by atoms with Crippen molar-refractivity contribution >= 4 is 0 Å². The van der Waals surface area contributed by atoms with Crippen LogP contribution in [0.25, 0.3) is 0 Å². The molecule has 0 unspecified atom stereocenters. The van der Waals surface area contributed by atoms with Gasteiger partial charge in [-0.1, -0.05) is 18.1 Å². The fourth-order valence-electron chi connectivity index (χ4n) is 2.09. The monoisotopic (exact) mass is 184 g/mol. The molecule has 14 heavy (non-hydrogen) atoms. The maximum Gasteiger partial charge on any atom is 0.0564 e. The van der Waals surface area contributed by atoms with Crippen LogP contribution < -0.4 is 0 Å². The highest BCUT2D eigenvalue weighted by Gasteiger charge is 2.43. The molecule has 0 radical (unpaired) electrons. The molecule has 1 saturated carbocycles. The molecular formula is C14H16. The first-order chi connectivity index (χ1) is 6.59. The van der Waals surface area contributed by atoms with Crippen LogP contribution in [0.3, 0.4) is 0 Å². The summed E-state index contributed by atoms with van der Waals surface area (Å²) in [4.78, 5) is 0. The Morgan fingerprint density at radius 3 is 2.14 bits per heavy atom. The Bertz CT molecular complexity index is 414. The van der Waals surface area contributed by atoms with Gasteiger partial charge < -0.3 is 0 Å². The van der Waals surface area contributed by atoms with Crippen LogP contribution in [0, 0.1) is 33.1 Å². The van der Waals surface area contributed by atoms with Crippen LogP contribution in [0.15, 0.2) is 12.1 Å². The van der Waals surface area contributed by atoms with Crippen LogP contribution in [0.2, 0.25) is 0 Å². The minimum atomic E-state index is 0.0859. The Morgan fingerprint density at radius 1 is 1.07 bits per heavy atom. The van der Waals surface area contributed by atoms with Gasteiger partial charge >= 0.3 is 0 Å². The van der Waals surface area contributed by atoms with Gasteiger partial charge in [0.2, 0.25) is 0 Å². The Morgan fingerprint density at radius 2 is 1.64 bits per heavy atom. The number of aryl methyl sites for hydroxylation is 3. The molecule has 1 aromatic rings. The summed E-state index contributed by atoms with van der Waals surface area (Å²) < 4.78 is 0. The molecule has 1 fully saturated rings. The quantitative estimate of drug-likeness (QED) is 0.588. The summed E-state index contributed by atoms with van der Waals surface area (Å²) in [7, 11) is 0. The SMILES string of the molecule is C#CC1(c2cc(C)c(C)cc2C)CC1. The minimum absolute atomic E-state index is 0.0859. The summed E-state index contributed by atoms with van der Waals surface area (Å²) in [6.45, 7) is 6.48. The first-order valence-electron chi connectivity index (χ1n) is 5.15. The van der Waals surface area contributed by atoms with Crippen LogP contribution in [-0.4, -0.2) is 0 Å². The minimum Gasteiger partial charge on any atom is -0.119 e. The van der Waals surface area contributed by atoms with Crippen molar-refractivity contribution in [2.45, 2.75) is 39.0 Å². The predicted octanol–water partition coefficient (Wildman–Crippen LogP) is 3.28. The number of hydrogen-bond donors (Lipinski definition) is 0. The van der Waals surface area contributed by atoms with E-state index in [4.69, 9.17) is 6.42 Å². The molecule has 2 rings (SSSR count). The van der Waals surface area contributed by atoms with Gasteiger partial charge in [0.15, 0.2) is 0 Å². The zero-order chi connectivity index (χ0) is 10.3. The zero-order valence-corrected chi connectivity index (χ0v) is 9.15. The van der Waals surface area contributed by atoms with Crippen LogP contribution in [0.1, 0.15) is 35.1 Å². The van der Waals surface area contributed by atoms with Crippen molar-refractivity contribution in [1.82, 2.24) is 0 Å². The largest absolute Gasteiger partial charge is 0.119 e. The summed E-state index contributed by atoms with van der Waals surface area (Å²) in [6.07, 6.45) is 7.93. The molecule has 0 nitrogen and oxygen atoms in total. The van der Waals surface area contributed by atoms with E-state index in [-0.39, 0.29) is 5.41 Å². The van der Waals surface area contributed by atoms with Crippen LogP contribution in [-0.2, 0) is 5.41 Å². The van der Waals surface area contributed by atoms with Gasteiger partial charge in [0.1, 0.15) is 0 Å². The summed E-state index contributed by atoms with van der Waals surface area (Å²) in [5.74, 6) is 2.96. The van der Waals surface area contributed by atoms with E-state index >= 15 is 0 Å². The molecule has 1 aromatic carbocycles. The van der Waals surface area contributed by atoms with Crippen molar-refractivity contribution in [1.29, 1.82) is 0 Å². The molecule has 0 saturated heterocycles. The molecule has 0 heteroatoms. The molecule has 0 spiro atoms. The molecular weight excluding hydrogens is 168 g/mol. The fraction of sp³-hybridized carbons (Fsp3) is 0.429. The van der Waals surface area contributed by atoms with E-state index in [1.54, 1.807) is 0 Å². The first-order valence-corrected chi connectivity index (χ1v) is 5.15. The molecule has 0 atom stereocenters. The third-order valence-corrected chi connectivity index (χ3v) is 3.38. The lowest BCUT2D eigenvalue weighted by Crippen LogP contribution is -2.06. The average Bonchev–Trinajstić information content (AvgIpc) is 2.92. The highest BCUT2D eigenvalue weighted by molar-refractivity contribution is 5.48. The fourth-order valence-corrected chi connectivity index (χ4v) is 2.09. The second-order valence-corrected chi connectivity index (χ2v) is 4.48. The van der Waals surface area contributed by atoms with E-state index in [2.05, 4.69) is 38.8 Å². The molecule has 1 aliphatic rings. The van der Waals surface area contributed by atoms with Crippen LogP contribution >= 0.6 is 0 Å². The lowest BCUT2D eigenvalue weighted by atomic mass is 9.89. The molecule has 1 aliphatic carbocycles. The van der Waals surface area contributed by atoms with Gasteiger partial charge in [-0.2, -0.15) is 0 Å². The zero-order valence-electron chi connectivity index (χ0n) is 9.15. The van der Waals surface area contributed by atoms with Crippen molar-refractivity contribution in [3.8, 4) is 12.3 Å². The highest BCUT2D eigenvalue weighted by Crippen LogP contribution is 2.49. The van der Waals surface area contributed by atoms with Gasteiger partial charge in [-0.3, -0.25) is 0 Å². The van der Waals surface area contributed by atoms with E-state index in [1.165, 1.54) is 22.3 Å². The van der Waals surface area contributed by atoms with Gasteiger partial charge in [0, 0.05) is 0 Å². The summed E-state index contributed by atoms with van der Waals surface area (Å²) in [5.41, 5.74) is 5.53. The van der Waals surface area contributed by atoms with Gasteiger partial charge in [-0.25, -0.2) is 0 Å². The van der Waals surface area contributed by atoms with Gasteiger partial charge in [-0.05, 0) is 55.9 Å². The molecule has 0 N–H and O–H groups in total. The van der Waals surface area contributed by atoms with Crippen molar-refractivity contribution < 1.29 is 0 Å². The number of hydrogen-bond acceptors (Lipinski definition) is 0. The topological polar surface area (TPSA) is 0 Å². The highest BCUT2D eigenvalue weighted by atomic mass is 14.4. The number of terminal acetylenes is 1. The van der Waals surface area contributed by atoms with Crippen molar-refractivity contribution in [3.63, 3.8) is 0 Å². The average molecular weight is 184 g/mol. The second-order valence-electron chi connectivity index (χ2n) is 4.48. The lowest BCUT2D eigenvalue weighted by Gasteiger charge is -2.14. The van der Waals surface area contributed by atoms with Crippen LogP contribution in [0.5, 0.6) is 0 Å². The summed E-state index contributed by atoms with van der Waals surface area (Å²) >= 11 is 0. The molecule has 0 amide bonds. The molecule has 0 bridgehead atoms. The van der Waals surface area contributed by atoms with Crippen molar-refractivity contribution in [3.05, 3.63) is 34.4 Å². The Kier molecular flexibility index (Phi) is 1.93. The van der Waals surface area contributed by atoms with Gasteiger partial charge in [0.05, 0.1) is 5.41 Å². The number of rotatable bonds is 1. The summed E-state index contributed by atoms with van der Waals surface area (Å²) in [6, 6.07) is 4.53. The maximum atomic E-state index is 5.61. The van der Waals surface area contributed by atoms with Gasteiger partial charge in [0.25, 0.3) is 0 Å². The maximum absolute atomic E-state index is 5.61. The van der Waals surface area contributed by atoms with E-state index in [0.717, 1.165) is 12.8 Å². The molecule has 72 valence electrons. The van der Waals surface area contributed by atoms with E-state index < -0.39 is 0 Å². The Balaban J connectivity index is 2.55. The lowest BCUT2D eigenvalue weighted by molar-refractivity contribution is 0.911. The van der Waals surface area contributed by atoms with E-state index in [1.807, 2.05) is 0 Å². The third-order valence-electron chi connectivity index (χ3n) is 3.38. The number of benzene rings is 1. The van der Waals surface area contributed by atoms with Crippen molar-refractivity contribution in [2.24, 2.45) is 0 Å². The van der Waals surface area contributed by atoms with E-state index in [0.29, 0.717) is 0 Å². The Hall–Kier alpha value is -1.22. The van der Waals surface area contributed by atoms with E-state index in [9.17, 15) is 0 Å². The van der Waals surface area contributed by atoms with Gasteiger partial charge in [-0.15, -0.1) is 6.42 Å². The van der Waals surface area contributed by atoms with Crippen LogP contribution in [0.4, 0.5) is 0 Å². The smallest absolute Gasteiger partial charge is 0.0564 e. The first kappa shape index (κ1) is 9.34. The normalized spacial score (nSPS) is 17.6. The Labute approximate surface area is 86.3 Å². The summed E-state index contributed by atoms with van der Waals surface area (Å²) in [5, 5.41) is 0. The van der Waals surface area contributed by atoms with Crippen molar-refractivity contribution in [2.75, 3.05) is 0 Å². The second kappa shape index (κ2) is 2.89. The molecule has 0 aromatic heterocycles.